The van der Waals surface area contributed by atoms with Crippen molar-refractivity contribution in [3.05, 3.63) is 0 Å². The average molecular weight is 181 g/mol. The summed E-state index contributed by atoms with van der Waals surface area (Å²) in [6, 6.07) is 0. The molecular formula is C11H19NO. The Hall–Kier alpha value is -0.530. The van der Waals surface area contributed by atoms with E-state index < -0.39 is 0 Å². The second-order valence-corrected chi connectivity index (χ2v) is 5.66. The van der Waals surface area contributed by atoms with Crippen LogP contribution in [-0.4, -0.2) is 11.4 Å². The van der Waals surface area contributed by atoms with Gasteiger partial charge in [0.25, 0.3) is 0 Å². The highest BCUT2D eigenvalue weighted by Crippen LogP contribution is 2.54. The standard InChI is InChI=1S/C11H19NO/c1-11(2,3)12-10(13)9-5-7-4-8(7)6-9/h7-9H,4-6H2,1-3H3,(H,12,13). The Balaban J connectivity index is 1.84. The molecule has 74 valence electrons. The predicted octanol–water partition coefficient (Wildman–Crippen LogP) is 1.95. The van der Waals surface area contributed by atoms with Crippen molar-refractivity contribution in [2.45, 2.75) is 45.6 Å². The van der Waals surface area contributed by atoms with Gasteiger partial charge in [-0.1, -0.05) is 0 Å². The summed E-state index contributed by atoms with van der Waals surface area (Å²) in [5, 5.41) is 3.06. The van der Waals surface area contributed by atoms with Crippen LogP contribution in [0.1, 0.15) is 40.0 Å². The second kappa shape index (κ2) is 2.73. The normalized spacial score (nSPS) is 37.0. The van der Waals surface area contributed by atoms with Gasteiger partial charge in [-0.25, -0.2) is 0 Å². The first kappa shape index (κ1) is 9.04. The predicted molar refractivity (Wildman–Crippen MR) is 52.2 cm³/mol. The van der Waals surface area contributed by atoms with E-state index >= 15 is 0 Å². The highest BCUT2D eigenvalue weighted by Gasteiger charge is 2.48. The summed E-state index contributed by atoms with van der Waals surface area (Å²) < 4.78 is 0. The summed E-state index contributed by atoms with van der Waals surface area (Å²) in [7, 11) is 0. The van der Waals surface area contributed by atoms with E-state index in [0.717, 1.165) is 24.7 Å². The molecular weight excluding hydrogens is 162 g/mol. The van der Waals surface area contributed by atoms with Crippen LogP contribution in [-0.2, 0) is 4.79 Å². The second-order valence-electron chi connectivity index (χ2n) is 5.66. The van der Waals surface area contributed by atoms with E-state index in [1.165, 1.54) is 6.42 Å². The molecule has 0 radical (unpaired) electrons. The lowest BCUT2D eigenvalue weighted by Gasteiger charge is -2.23. The monoisotopic (exact) mass is 181 g/mol. The zero-order chi connectivity index (χ0) is 9.64. The molecule has 1 N–H and O–H groups in total. The van der Waals surface area contributed by atoms with Gasteiger partial charge in [0.05, 0.1) is 0 Å². The van der Waals surface area contributed by atoms with Crippen molar-refractivity contribution in [1.82, 2.24) is 5.32 Å². The lowest BCUT2D eigenvalue weighted by atomic mass is 10.0. The van der Waals surface area contributed by atoms with E-state index in [1.807, 2.05) is 20.8 Å². The molecule has 0 aliphatic heterocycles. The first-order valence-electron chi connectivity index (χ1n) is 5.28. The molecule has 2 unspecified atom stereocenters. The van der Waals surface area contributed by atoms with Gasteiger partial charge in [0, 0.05) is 11.5 Å². The van der Waals surface area contributed by atoms with Crippen molar-refractivity contribution < 1.29 is 4.79 Å². The molecule has 2 heteroatoms. The SMILES string of the molecule is CC(C)(C)NC(=O)C1CC2CC2C1. The van der Waals surface area contributed by atoms with Crippen LogP contribution in [0, 0.1) is 17.8 Å². The lowest BCUT2D eigenvalue weighted by Crippen LogP contribution is -2.43. The lowest BCUT2D eigenvalue weighted by molar-refractivity contribution is -0.126. The fourth-order valence-corrected chi connectivity index (χ4v) is 2.40. The number of carbonyl (C=O) groups excluding carboxylic acids is 1. The van der Waals surface area contributed by atoms with Crippen molar-refractivity contribution in [2.24, 2.45) is 17.8 Å². The summed E-state index contributed by atoms with van der Waals surface area (Å²) in [5.74, 6) is 2.40. The molecule has 0 aromatic rings. The number of rotatable bonds is 1. The molecule has 2 aliphatic rings. The molecule has 2 nitrogen and oxygen atoms in total. The number of amides is 1. The molecule has 0 spiro atoms. The highest BCUT2D eigenvalue weighted by molar-refractivity contribution is 5.79. The number of carbonyl (C=O) groups is 1. The maximum absolute atomic E-state index is 11.7. The Morgan fingerprint density at radius 3 is 2.15 bits per heavy atom. The molecule has 2 rings (SSSR count). The Labute approximate surface area is 80.1 Å². The van der Waals surface area contributed by atoms with E-state index in [0.29, 0.717) is 5.92 Å². The summed E-state index contributed by atoms with van der Waals surface area (Å²) in [6.45, 7) is 6.13. The first-order chi connectivity index (χ1) is 5.96. The molecule has 0 heterocycles. The zero-order valence-electron chi connectivity index (χ0n) is 8.76. The molecule has 0 aromatic carbocycles. The van der Waals surface area contributed by atoms with E-state index in [-0.39, 0.29) is 11.4 Å². The Morgan fingerprint density at radius 1 is 1.15 bits per heavy atom. The largest absolute Gasteiger partial charge is 0.351 e. The van der Waals surface area contributed by atoms with Crippen LogP contribution in [0.4, 0.5) is 0 Å². The molecule has 13 heavy (non-hydrogen) atoms. The minimum Gasteiger partial charge on any atom is -0.351 e. The molecule has 1 amide bonds. The number of hydrogen-bond donors (Lipinski definition) is 1. The maximum Gasteiger partial charge on any atom is 0.223 e. The number of fused-ring (bicyclic) bond motifs is 1. The van der Waals surface area contributed by atoms with E-state index in [2.05, 4.69) is 5.32 Å². The molecule has 2 atom stereocenters. The topological polar surface area (TPSA) is 29.1 Å². The maximum atomic E-state index is 11.7. The molecule has 0 bridgehead atoms. The Bertz CT molecular complexity index is 219. The van der Waals surface area contributed by atoms with Gasteiger partial charge < -0.3 is 5.32 Å². The van der Waals surface area contributed by atoms with Crippen LogP contribution in [0.15, 0.2) is 0 Å². The van der Waals surface area contributed by atoms with E-state index in [4.69, 9.17) is 0 Å². The third-order valence-electron chi connectivity index (χ3n) is 3.11. The average Bonchev–Trinajstić information content (AvgIpc) is 2.55. The van der Waals surface area contributed by atoms with Gasteiger partial charge in [-0.05, 0) is 51.9 Å². The summed E-state index contributed by atoms with van der Waals surface area (Å²) >= 11 is 0. The minimum atomic E-state index is -0.0656. The van der Waals surface area contributed by atoms with Gasteiger partial charge in [-0.15, -0.1) is 0 Å². The fraction of sp³-hybridized carbons (Fsp3) is 0.909. The van der Waals surface area contributed by atoms with Crippen LogP contribution < -0.4 is 5.32 Å². The van der Waals surface area contributed by atoms with Crippen LogP contribution in [0.5, 0.6) is 0 Å². The molecule has 2 fully saturated rings. The smallest absolute Gasteiger partial charge is 0.223 e. The van der Waals surface area contributed by atoms with Crippen molar-refractivity contribution in [3.8, 4) is 0 Å². The molecule has 2 saturated carbocycles. The van der Waals surface area contributed by atoms with E-state index in [9.17, 15) is 4.79 Å². The van der Waals surface area contributed by atoms with Crippen molar-refractivity contribution in [2.75, 3.05) is 0 Å². The highest BCUT2D eigenvalue weighted by atomic mass is 16.2. The van der Waals surface area contributed by atoms with Crippen LogP contribution in [0.25, 0.3) is 0 Å². The van der Waals surface area contributed by atoms with Crippen molar-refractivity contribution in [1.29, 1.82) is 0 Å². The van der Waals surface area contributed by atoms with Gasteiger partial charge in [-0.2, -0.15) is 0 Å². The van der Waals surface area contributed by atoms with Gasteiger partial charge in [0.15, 0.2) is 0 Å². The van der Waals surface area contributed by atoms with Crippen molar-refractivity contribution >= 4 is 5.91 Å². The Kier molecular flexibility index (Phi) is 1.90. The van der Waals surface area contributed by atoms with Crippen molar-refractivity contribution in [3.63, 3.8) is 0 Å². The van der Waals surface area contributed by atoms with E-state index in [1.54, 1.807) is 0 Å². The fourth-order valence-electron chi connectivity index (χ4n) is 2.40. The molecule has 0 aromatic heterocycles. The van der Waals surface area contributed by atoms with Crippen LogP contribution in [0.3, 0.4) is 0 Å². The molecule has 2 aliphatic carbocycles. The quantitative estimate of drug-likeness (QED) is 0.658. The first-order valence-corrected chi connectivity index (χ1v) is 5.28. The molecule has 0 saturated heterocycles. The summed E-state index contributed by atoms with van der Waals surface area (Å²) in [4.78, 5) is 11.7. The van der Waals surface area contributed by atoms with Gasteiger partial charge in [0.1, 0.15) is 0 Å². The minimum absolute atomic E-state index is 0.0656. The zero-order valence-corrected chi connectivity index (χ0v) is 8.76. The summed E-state index contributed by atoms with van der Waals surface area (Å²) in [6.07, 6.45) is 3.68. The third kappa shape index (κ3) is 2.04. The van der Waals surface area contributed by atoms with Gasteiger partial charge in [0.2, 0.25) is 5.91 Å². The third-order valence-corrected chi connectivity index (χ3v) is 3.11. The number of hydrogen-bond acceptors (Lipinski definition) is 1. The van der Waals surface area contributed by atoms with Crippen LogP contribution >= 0.6 is 0 Å². The Morgan fingerprint density at radius 2 is 1.69 bits per heavy atom. The summed E-state index contributed by atoms with van der Waals surface area (Å²) in [5.41, 5.74) is -0.0656. The number of nitrogens with one attached hydrogen (secondary N) is 1. The van der Waals surface area contributed by atoms with Crippen LogP contribution in [0.2, 0.25) is 0 Å². The van der Waals surface area contributed by atoms with Gasteiger partial charge in [-0.3, -0.25) is 4.79 Å². The van der Waals surface area contributed by atoms with Gasteiger partial charge >= 0.3 is 0 Å².